The average molecular weight is 351 g/mol. The van der Waals surface area contributed by atoms with Crippen LogP contribution in [0.4, 0.5) is 17.3 Å². The summed E-state index contributed by atoms with van der Waals surface area (Å²) in [6.07, 6.45) is 1.09. The van der Waals surface area contributed by atoms with E-state index in [1.54, 1.807) is 31.4 Å². The van der Waals surface area contributed by atoms with Gasteiger partial charge in [0, 0.05) is 17.8 Å². The largest absolute Gasteiger partial charge is 0.497 e. The summed E-state index contributed by atoms with van der Waals surface area (Å²) < 4.78 is 6.22. The van der Waals surface area contributed by atoms with Crippen molar-refractivity contribution in [2.45, 2.75) is 0 Å². The number of methoxy groups -OCH3 is 1. The van der Waals surface area contributed by atoms with Crippen molar-refractivity contribution in [2.24, 2.45) is 0 Å². The molecular formula is C16H13N7O3. The standard InChI is InChI=1S/C16H13N7O3/c1-26-11-4-2-3-9(5-11)20-13-6-10(7-17)21-16(22-13)23-14(18)12(8-19-23)15(24)25/h2-6,8H,18H2,1H3,(H,24,25)(H,20,21,22). The lowest BCUT2D eigenvalue weighted by Gasteiger charge is -2.09. The van der Waals surface area contributed by atoms with Crippen LogP contribution >= 0.6 is 0 Å². The molecule has 3 aromatic rings. The zero-order chi connectivity index (χ0) is 18.7. The van der Waals surface area contributed by atoms with Gasteiger partial charge in [0.1, 0.15) is 34.7 Å². The van der Waals surface area contributed by atoms with Gasteiger partial charge in [0.15, 0.2) is 0 Å². The van der Waals surface area contributed by atoms with Gasteiger partial charge in [-0.15, -0.1) is 0 Å². The van der Waals surface area contributed by atoms with Gasteiger partial charge in [0.2, 0.25) is 0 Å². The topological polar surface area (TPSA) is 152 Å². The van der Waals surface area contributed by atoms with Crippen molar-refractivity contribution in [3.8, 4) is 17.8 Å². The molecule has 2 aromatic heterocycles. The number of anilines is 3. The lowest BCUT2D eigenvalue weighted by Crippen LogP contribution is -2.10. The number of carboxylic acid groups (broad SMARTS) is 1. The van der Waals surface area contributed by atoms with Crippen molar-refractivity contribution >= 4 is 23.3 Å². The van der Waals surface area contributed by atoms with Gasteiger partial charge in [-0.2, -0.15) is 25.0 Å². The number of carboxylic acids is 1. The van der Waals surface area contributed by atoms with E-state index in [2.05, 4.69) is 20.4 Å². The second kappa shape index (κ2) is 6.78. The molecule has 4 N–H and O–H groups in total. The Hall–Kier alpha value is -4.13. The molecule has 0 unspecified atom stereocenters. The molecule has 0 amide bonds. The third kappa shape index (κ3) is 3.22. The van der Waals surface area contributed by atoms with Crippen molar-refractivity contribution < 1.29 is 14.6 Å². The van der Waals surface area contributed by atoms with Crippen LogP contribution in [0.15, 0.2) is 36.5 Å². The van der Waals surface area contributed by atoms with E-state index in [0.717, 1.165) is 10.9 Å². The minimum Gasteiger partial charge on any atom is -0.497 e. The first-order valence-corrected chi connectivity index (χ1v) is 7.29. The fraction of sp³-hybridized carbons (Fsp3) is 0.0625. The molecule has 0 spiro atoms. The third-order valence-electron chi connectivity index (χ3n) is 3.40. The highest BCUT2D eigenvalue weighted by molar-refractivity contribution is 5.92. The number of hydrogen-bond acceptors (Lipinski definition) is 8. The van der Waals surface area contributed by atoms with E-state index in [1.165, 1.54) is 6.07 Å². The molecule has 10 heteroatoms. The predicted molar refractivity (Wildman–Crippen MR) is 91.5 cm³/mol. The number of hydrogen-bond donors (Lipinski definition) is 3. The third-order valence-corrected chi connectivity index (χ3v) is 3.40. The highest BCUT2D eigenvalue weighted by Crippen LogP contribution is 2.22. The summed E-state index contributed by atoms with van der Waals surface area (Å²) >= 11 is 0. The van der Waals surface area contributed by atoms with Gasteiger partial charge in [0.05, 0.1) is 13.3 Å². The van der Waals surface area contributed by atoms with Crippen LogP contribution in [-0.4, -0.2) is 37.9 Å². The van der Waals surface area contributed by atoms with Gasteiger partial charge in [-0.1, -0.05) is 6.07 Å². The van der Waals surface area contributed by atoms with Crippen LogP contribution in [0.25, 0.3) is 5.95 Å². The smallest absolute Gasteiger partial charge is 0.341 e. The number of rotatable bonds is 5. The zero-order valence-corrected chi connectivity index (χ0v) is 13.5. The summed E-state index contributed by atoms with van der Waals surface area (Å²) in [5, 5.41) is 25.2. The highest BCUT2D eigenvalue weighted by Gasteiger charge is 2.17. The van der Waals surface area contributed by atoms with E-state index in [0.29, 0.717) is 17.3 Å². The monoisotopic (exact) mass is 351 g/mol. The van der Waals surface area contributed by atoms with E-state index in [-0.39, 0.29) is 23.0 Å². The number of nitrogens with one attached hydrogen (secondary N) is 1. The Morgan fingerprint density at radius 3 is 2.85 bits per heavy atom. The highest BCUT2D eigenvalue weighted by atomic mass is 16.5. The van der Waals surface area contributed by atoms with Gasteiger partial charge in [0.25, 0.3) is 5.95 Å². The van der Waals surface area contributed by atoms with E-state index >= 15 is 0 Å². The molecule has 0 saturated carbocycles. The summed E-state index contributed by atoms with van der Waals surface area (Å²) in [5.41, 5.74) is 6.35. The molecular weight excluding hydrogens is 338 g/mol. The summed E-state index contributed by atoms with van der Waals surface area (Å²) in [4.78, 5) is 19.4. The number of nitriles is 1. The molecule has 0 aliphatic carbocycles. The number of nitrogen functional groups attached to an aromatic ring is 1. The molecule has 26 heavy (non-hydrogen) atoms. The molecule has 10 nitrogen and oxygen atoms in total. The normalized spacial score (nSPS) is 10.2. The average Bonchev–Trinajstić information content (AvgIpc) is 3.03. The fourth-order valence-corrected chi connectivity index (χ4v) is 2.18. The molecule has 0 radical (unpaired) electrons. The Labute approximate surface area is 147 Å². The Morgan fingerprint density at radius 1 is 1.38 bits per heavy atom. The number of benzene rings is 1. The van der Waals surface area contributed by atoms with E-state index < -0.39 is 5.97 Å². The molecule has 0 saturated heterocycles. The SMILES string of the molecule is COc1cccc(Nc2cc(C#N)nc(-n3ncc(C(=O)O)c3N)n2)c1. The van der Waals surface area contributed by atoms with Crippen LogP contribution < -0.4 is 15.8 Å². The molecule has 1 aromatic carbocycles. The van der Waals surface area contributed by atoms with E-state index in [4.69, 9.17) is 15.6 Å². The van der Waals surface area contributed by atoms with Crippen molar-refractivity contribution in [3.05, 3.63) is 47.8 Å². The van der Waals surface area contributed by atoms with Crippen molar-refractivity contribution in [2.75, 3.05) is 18.2 Å². The van der Waals surface area contributed by atoms with Gasteiger partial charge < -0.3 is 20.9 Å². The zero-order valence-electron chi connectivity index (χ0n) is 13.5. The maximum Gasteiger partial charge on any atom is 0.341 e. The van der Waals surface area contributed by atoms with Gasteiger partial charge >= 0.3 is 5.97 Å². The molecule has 0 atom stereocenters. The van der Waals surface area contributed by atoms with Crippen LogP contribution in [0.2, 0.25) is 0 Å². The van der Waals surface area contributed by atoms with Crippen LogP contribution in [0, 0.1) is 11.3 Å². The Balaban J connectivity index is 2.02. The quantitative estimate of drug-likeness (QED) is 0.621. The van der Waals surface area contributed by atoms with Crippen molar-refractivity contribution in [3.63, 3.8) is 0 Å². The summed E-state index contributed by atoms with van der Waals surface area (Å²) in [6.45, 7) is 0. The summed E-state index contributed by atoms with van der Waals surface area (Å²) in [5.74, 6) is -0.432. The van der Waals surface area contributed by atoms with Crippen LogP contribution in [0.3, 0.4) is 0 Å². The van der Waals surface area contributed by atoms with Gasteiger partial charge in [-0.3, -0.25) is 0 Å². The Kier molecular flexibility index (Phi) is 4.36. The molecule has 0 aliphatic rings. The number of carbonyl (C=O) groups is 1. The molecule has 3 rings (SSSR count). The molecule has 130 valence electrons. The number of ether oxygens (including phenoxy) is 1. The van der Waals surface area contributed by atoms with Crippen LogP contribution in [-0.2, 0) is 0 Å². The Morgan fingerprint density at radius 2 is 2.19 bits per heavy atom. The number of aromatic carboxylic acids is 1. The van der Waals surface area contributed by atoms with Crippen LogP contribution in [0.1, 0.15) is 16.1 Å². The Bertz CT molecular complexity index is 1020. The first-order valence-electron chi connectivity index (χ1n) is 7.29. The lowest BCUT2D eigenvalue weighted by molar-refractivity contribution is 0.0698. The summed E-state index contributed by atoms with van der Waals surface area (Å²) in [6, 6.07) is 10.5. The minimum atomic E-state index is -1.22. The summed E-state index contributed by atoms with van der Waals surface area (Å²) in [7, 11) is 1.55. The van der Waals surface area contributed by atoms with Crippen molar-refractivity contribution in [1.29, 1.82) is 5.26 Å². The lowest BCUT2D eigenvalue weighted by atomic mass is 10.3. The second-order valence-corrected chi connectivity index (χ2v) is 5.07. The van der Waals surface area contributed by atoms with Crippen molar-refractivity contribution in [1.82, 2.24) is 19.7 Å². The fourth-order valence-electron chi connectivity index (χ4n) is 2.18. The number of nitrogens with two attached hydrogens (primary N) is 1. The molecule has 2 heterocycles. The predicted octanol–water partition coefficient (Wildman–Crippen LogP) is 1.57. The second-order valence-electron chi connectivity index (χ2n) is 5.07. The van der Waals surface area contributed by atoms with Crippen LogP contribution in [0.5, 0.6) is 5.75 Å². The molecule has 0 fully saturated rings. The van der Waals surface area contributed by atoms with Gasteiger partial charge in [-0.05, 0) is 12.1 Å². The number of aromatic nitrogens is 4. The first kappa shape index (κ1) is 16.7. The van der Waals surface area contributed by atoms with E-state index in [9.17, 15) is 10.1 Å². The number of nitrogens with zero attached hydrogens (tertiary/aromatic N) is 5. The van der Waals surface area contributed by atoms with Gasteiger partial charge in [-0.25, -0.2) is 4.79 Å². The maximum absolute atomic E-state index is 11.1. The molecule has 0 bridgehead atoms. The van der Waals surface area contributed by atoms with E-state index in [1.807, 2.05) is 6.07 Å². The molecule has 0 aliphatic heterocycles. The maximum atomic E-state index is 11.1. The first-order chi connectivity index (χ1) is 12.5. The minimum absolute atomic E-state index is 0.0283.